The summed E-state index contributed by atoms with van der Waals surface area (Å²) in [6.45, 7) is 5.95. The van der Waals surface area contributed by atoms with Crippen LogP contribution in [0.25, 0.3) is 0 Å². The van der Waals surface area contributed by atoms with Gasteiger partial charge in [0.1, 0.15) is 5.75 Å². The average Bonchev–Trinajstić information content (AvgIpc) is 3.39. The zero-order chi connectivity index (χ0) is 25.9. The van der Waals surface area contributed by atoms with E-state index < -0.39 is 0 Å². The normalized spacial score (nSPS) is 19.7. The number of methoxy groups -OCH3 is 1. The van der Waals surface area contributed by atoms with Gasteiger partial charge in [-0.15, -0.1) is 0 Å². The first-order valence-corrected chi connectivity index (χ1v) is 13.1. The third-order valence-electron chi connectivity index (χ3n) is 7.61. The van der Waals surface area contributed by atoms with Gasteiger partial charge in [0.25, 0.3) is 5.91 Å². The molecule has 2 fully saturated rings. The van der Waals surface area contributed by atoms with Crippen LogP contribution in [-0.2, 0) is 4.79 Å². The number of anilines is 1. The molecule has 2 heterocycles. The Morgan fingerprint density at radius 1 is 0.838 bits per heavy atom. The standard InChI is InChI=1S/C30H32ClN3O3/c1-21-5-3-4-6-28(21)32-15-17-33(18-16-32)30(36)27-20-34(29(35)23-7-11-24(31)12-8-23)19-26(27)22-9-13-25(37-2)14-10-22/h3-14,26-27H,15-20H2,1-2H3. The lowest BCUT2D eigenvalue weighted by Crippen LogP contribution is -2.51. The number of piperazine rings is 1. The smallest absolute Gasteiger partial charge is 0.253 e. The van der Waals surface area contributed by atoms with E-state index in [1.807, 2.05) is 34.1 Å². The van der Waals surface area contributed by atoms with E-state index >= 15 is 0 Å². The fourth-order valence-electron chi connectivity index (χ4n) is 5.50. The molecule has 2 amide bonds. The Bertz CT molecular complexity index is 1250. The van der Waals surface area contributed by atoms with Gasteiger partial charge in [-0.05, 0) is 60.5 Å². The van der Waals surface area contributed by atoms with Gasteiger partial charge in [-0.2, -0.15) is 0 Å². The monoisotopic (exact) mass is 517 g/mol. The first-order chi connectivity index (χ1) is 17.9. The van der Waals surface area contributed by atoms with Gasteiger partial charge in [0.2, 0.25) is 5.91 Å². The molecule has 5 rings (SSSR count). The Kier molecular flexibility index (Phi) is 7.38. The Labute approximate surface area is 223 Å². The van der Waals surface area contributed by atoms with Crippen LogP contribution in [0.2, 0.25) is 5.02 Å². The van der Waals surface area contributed by atoms with Crippen LogP contribution >= 0.6 is 11.6 Å². The minimum Gasteiger partial charge on any atom is -0.497 e. The molecular weight excluding hydrogens is 486 g/mol. The number of amides is 2. The number of hydrogen-bond acceptors (Lipinski definition) is 4. The van der Waals surface area contributed by atoms with Crippen molar-refractivity contribution in [3.63, 3.8) is 0 Å². The molecule has 0 bridgehead atoms. The Morgan fingerprint density at radius 2 is 1.51 bits per heavy atom. The lowest BCUT2D eigenvalue weighted by Gasteiger charge is -2.38. The van der Waals surface area contributed by atoms with Crippen molar-refractivity contribution in [2.24, 2.45) is 5.92 Å². The Hall–Kier alpha value is -3.51. The first kappa shape index (κ1) is 25.2. The van der Waals surface area contributed by atoms with Crippen molar-refractivity contribution in [1.82, 2.24) is 9.80 Å². The maximum Gasteiger partial charge on any atom is 0.253 e. The number of nitrogens with zero attached hydrogens (tertiary/aromatic N) is 3. The van der Waals surface area contributed by atoms with Gasteiger partial charge in [0.15, 0.2) is 0 Å². The number of ether oxygens (including phenoxy) is 1. The first-order valence-electron chi connectivity index (χ1n) is 12.7. The summed E-state index contributed by atoms with van der Waals surface area (Å²) in [7, 11) is 1.64. The van der Waals surface area contributed by atoms with Gasteiger partial charge in [-0.25, -0.2) is 0 Å². The molecule has 0 saturated carbocycles. The van der Waals surface area contributed by atoms with Crippen molar-refractivity contribution in [1.29, 1.82) is 0 Å². The van der Waals surface area contributed by atoms with E-state index in [-0.39, 0.29) is 23.7 Å². The van der Waals surface area contributed by atoms with Crippen molar-refractivity contribution in [3.05, 3.63) is 94.5 Å². The lowest BCUT2D eigenvalue weighted by atomic mass is 9.87. The maximum absolute atomic E-state index is 13.9. The highest BCUT2D eigenvalue weighted by Crippen LogP contribution is 2.36. The van der Waals surface area contributed by atoms with Gasteiger partial charge < -0.3 is 19.4 Å². The van der Waals surface area contributed by atoms with Crippen LogP contribution in [0.1, 0.15) is 27.4 Å². The molecule has 3 aromatic rings. The highest BCUT2D eigenvalue weighted by molar-refractivity contribution is 6.30. The zero-order valence-corrected chi connectivity index (χ0v) is 22.0. The second kappa shape index (κ2) is 10.9. The molecule has 0 N–H and O–H groups in total. The highest BCUT2D eigenvalue weighted by atomic mass is 35.5. The number of carbonyl (C=O) groups is 2. The van der Waals surface area contributed by atoms with Crippen LogP contribution in [0, 0.1) is 12.8 Å². The summed E-state index contributed by atoms with van der Waals surface area (Å²) in [5.41, 5.74) is 4.10. The minimum atomic E-state index is -0.297. The molecule has 192 valence electrons. The van der Waals surface area contributed by atoms with Crippen molar-refractivity contribution in [3.8, 4) is 5.75 Å². The largest absolute Gasteiger partial charge is 0.497 e. The van der Waals surface area contributed by atoms with Crippen LogP contribution in [0.15, 0.2) is 72.8 Å². The van der Waals surface area contributed by atoms with Crippen LogP contribution in [0.3, 0.4) is 0 Å². The second-order valence-corrected chi connectivity index (χ2v) is 10.2. The third-order valence-corrected chi connectivity index (χ3v) is 7.86. The molecule has 2 saturated heterocycles. The van der Waals surface area contributed by atoms with E-state index in [2.05, 4.69) is 36.1 Å². The molecule has 2 aliphatic heterocycles. The molecule has 6 nitrogen and oxygen atoms in total. The van der Waals surface area contributed by atoms with Crippen molar-refractivity contribution < 1.29 is 14.3 Å². The van der Waals surface area contributed by atoms with Crippen LogP contribution in [0.4, 0.5) is 5.69 Å². The minimum absolute atomic E-state index is 0.0742. The molecular formula is C30H32ClN3O3. The average molecular weight is 518 g/mol. The van der Waals surface area contributed by atoms with Crippen molar-refractivity contribution in [2.75, 3.05) is 51.3 Å². The van der Waals surface area contributed by atoms with E-state index in [9.17, 15) is 9.59 Å². The number of benzene rings is 3. The van der Waals surface area contributed by atoms with Crippen LogP contribution in [-0.4, -0.2) is 68.0 Å². The summed E-state index contributed by atoms with van der Waals surface area (Å²) in [4.78, 5) is 33.4. The number of hydrogen-bond donors (Lipinski definition) is 0. The summed E-state index contributed by atoms with van der Waals surface area (Å²) >= 11 is 6.02. The predicted molar refractivity (Wildman–Crippen MR) is 147 cm³/mol. The van der Waals surface area contributed by atoms with E-state index in [0.29, 0.717) is 36.8 Å². The third kappa shape index (κ3) is 5.30. The maximum atomic E-state index is 13.9. The molecule has 0 spiro atoms. The van der Waals surface area contributed by atoms with E-state index in [1.54, 1.807) is 31.4 Å². The summed E-state index contributed by atoms with van der Waals surface area (Å²) in [5.74, 6) is 0.441. The molecule has 2 atom stereocenters. The van der Waals surface area contributed by atoms with Crippen molar-refractivity contribution >= 4 is 29.1 Å². The van der Waals surface area contributed by atoms with E-state index in [1.165, 1.54) is 11.3 Å². The number of aryl methyl sites for hydroxylation is 1. The second-order valence-electron chi connectivity index (χ2n) is 9.80. The van der Waals surface area contributed by atoms with Crippen LogP contribution < -0.4 is 9.64 Å². The zero-order valence-electron chi connectivity index (χ0n) is 21.3. The van der Waals surface area contributed by atoms with Gasteiger partial charge in [0.05, 0.1) is 13.0 Å². The van der Waals surface area contributed by atoms with Gasteiger partial charge in [0, 0.05) is 61.5 Å². The topological polar surface area (TPSA) is 53.1 Å². The molecule has 37 heavy (non-hydrogen) atoms. The van der Waals surface area contributed by atoms with Gasteiger partial charge in [-0.1, -0.05) is 41.9 Å². The fourth-order valence-corrected chi connectivity index (χ4v) is 5.63. The quantitative estimate of drug-likeness (QED) is 0.485. The molecule has 7 heteroatoms. The number of halogens is 1. The molecule has 0 aromatic heterocycles. The SMILES string of the molecule is COc1ccc(C2CN(C(=O)c3ccc(Cl)cc3)CC2C(=O)N2CCN(c3ccccc3C)CC2)cc1. The van der Waals surface area contributed by atoms with Crippen LogP contribution in [0.5, 0.6) is 5.75 Å². The summed E-state index contributed by atoms with van der Waals surface area (Å²) in [5, 5.41) is 0.590. The lowest BCUT2D eigenvalue weighted by molar-refractivity contribution is -0.135. The van der Waals surface area contributed by atoms with E-state index in [4.69, 9.17) is 16.3 Å². The molecule has 2 unspecified atom stereocenters. The summed E-state index contributed by atoms with van der Waals surface area (Å²) < 4.78 is 5.33. The van der Waals surface area contributed by atoms with Crippen molar-refractivity contribution in [2.45, 2.75) is 12.8 Å². The molecule has 3 aromatic carbocycles. The fraction of sp³-hybridized carbons (Fsp3) is 0.333. The molecule has 2 aliphatic rings. The molecule has 0 radical (unpaired) electrons. The number of para-hydroxylation sites is 1. The Balaban J connectivity index is 1.34. The van der Waals surface area contributed by atoms with E-state index in [0.717, 1.165) is 24.4 Å². The molecule has 0 aliphatic carbocycles. The summed E-state index contributed by atoms with van der Waals surface area (Å²) in [6, 6.07) is 23.2. The summed E-state index contributed by atoms with van der Waals surface area (Å²) in [6.07, 6.45) is 0. The number of rotatable bonds is 5. The van der Waals surface area contributed by atoms with Gasteiger partial charge in [-0.3, -0.25) is 9.59 Å². The number of likely N-dealkylation sites (tertiary alicyclic amines) is 1. The number of carbonyl (C=O) groups excluding carboxylic acids is 2. The predicted octanol–water partition coefficient (Wildman–Crippen LogP) is 4.86. The van der Waals surface area contributed by atoms with Gasteiger partial charge >= 0.3 is 0 Å². The Morgan fingerprint density at radius 3 is 2.16 bits per heavy atom. The highest BCUT2D eigenvalue weighted by Gasteiger charge is 2.42.